The molecule has 0 saturated carbocycles. The summed E-state index contributed by atoms with van der Waals surface area (Å²) in [6.07, 6.45) is 24.8. The third kappa shape index (κ3) is 29.7. The van der Waals surface area contributed by atoms with Gasteiger partial charge in [-0.15, -0.1) is 0 Å². The maximum absolute atomic E-state index is 12.1. The van der Waals surface area contributed by atoms with Crippen LogP contribution in [0.4, 0.5) is 0 Å². The van der Waals surface area contributed by atoms with Gasteiger partial charge in [0.15, 0.2) is 0 Å². The fraction of sp³-hybridized carbons (Fsp3) is 0.821. The summed E-state index contributed by atoms with van der Waals surface area (Å²) in [4.78, 5) is 16.6. The van der Waals surface area contributed by atoms with Crippen LogP contribution in [0.2, 0.25) is 0 Å². The van der Waals surface area contributed by atoms with E-state index in [-0.39, 0.29) is 23.9 Å². The Morgan fingerprint density at radius 1 is 0.652 bits per heavy atom. The smallest absolute Gasteiger partial charge is 0.251 e. The number of nitrogens with zero attached hydrogens (tertiary/aromatic N) is 2. The Balaban J connectivity index is 0.00000131. The van der Waals surface area contributed by atoms with Crippen LogP contribution in [0.1, 0.15) is 160 Å². The van der Waals surface area contributed by atoms with E-state index >= 15 is 0 Å². The molecule has 0 aromatic heterocycles. The van der Waals surface area contributed by atoms with Crippen LogP contribution in [0.15, 0.2) is 24.3 Å². The number of unbranched alkanes of at least 4 members (excludes halogenated alkanes) is 14. The molecule has 1 rings (SSSR count). The Labute approximate surface area is 284 Å². The summed E-state index contributed by atoms with van der Waals surface area (Å²) in [7, 11) is 4.20. The van der Waals surface area contributed by atoms with Crippen molar-refractivity contribution in [1.82, 2.24) is 15.1 Å². The molecule has 1 aromatic carbocycles. The zero-order valence-corrected chi connectivity index (χ0v) is 30.8. The van der Waals surface area contributed by atoms with Crippen molar-refractivity contribution in [3.05, 3.63) is 29.8 Å². The largest absolute Gasteiger partial charge is 0.508 e. The lowest BCUT2D eigenvalue weighted by Crippen LogP contribution is -2.32. The minimum absolute atomic E-state index is 0.0971. The quantitative estimate of drug-likeness (QED) is 0.0650. The predicted molar refractivity (Wildman–Crippen MR) is 197 cm³/mol. The lowest BCUT2D eigenvalue weighted by molar-refractivity contribution is 0.0951. The molecule has 7 nitrogen and oxygen atoms in total. The van der Waals surface area contributed by atoms with Crippen LogP contribution in [0.3, 0.4) is 0 Å². The Hall–Kier alpha value is -1.67. The van der Waals surface area contributed by atoms with E-state index in [1.807, 2.05) is 6.92 Å². The van der Waals surface area contributed by atoms with Crippen LogP contribution in [0, 0.1) is 0 Å². The third-order valence-corrected chi connectivity index (χ3v) is 8.60. The number of hydrogen-bond donors (Lipinski definition) is 4. The van der Waals surface area contributed by atoms with E-state index < -0.39 is 0 Å². The van der Waals surface area contributed by atoms with Gasteiger partial charge in [-0.2, -0.15) is 0 Å². The maximum Gasteiger partial charge on any atom is 0.251 e. The molecule has 0 aliphatic rings. The van der Waals surface area contributed by atoms with E-state index in [0.29, 0.717) is 12.1 Å². The number of carbonyl (C=O) groups excluding carboxylic acids is 1. The average molecular weight is 650 g/mol. The number of nitrogens with one attached hydrogen (secondary N) is 1. The first-order valence-electron chi connectivity index (χ1n) is 19.0. The molecule has 7 heteroatoms. The molecular formula is C39H75N3O4. The molecule has 0 saturated heterocycles. The third-order valence-electron chi connectivity index (χ3n) is 8.60. The Morgan fingerprint density at radius 2 is 1.11 bits per heavy atom. The molecular weight excluding hydrogens is 574 g/mol. The van der Waals surface area contributed by atoms with Gasteiger partial charge in [-0.05, 0) is 90.6 Å². The first-order valence-corrected chi connectivity index (χ1v) is 19.0. The number of hydrogen-bond acceptors (Lipinski definition) is 6. The van der Waals surface area contributed by atoms with Crippen LogP contribution in [-0.2, 0) is 0 Å². The molecule has 0 heterocycles. The van der Waals surface area contributed by atoms with Gasteiger partial charge in [0, 0.05) is 18.7 Å². The van der Waals surface area contributed by atoms with E-state index in [1.54, 1.807) is 12.1 Å². The topological polar surface area (TPSA) is 96.3 Å². The molecule has 4 N–H and O–H groups in total. The van der Waals surface area contributed by atoms with Crippen molar-refractivity contribution in [3.63, 3.8) is 0 Å². The van der Waals surface area contributed by atoms with Crippen molar-refractivity contribution in [2.75, 3.05) is 46.8 Å². The second kappa shape index (κ2) is 31.9. The normalized spacial score (nSPS) is 12.6. The highest BCUT2D eigenvalue weighted by Crippen LogP contribution is 2.12. The molecule has 0 fully saturated rings. The molecule has 0 aliphatic heterocycles. The van der Waals surface area contributed by atoms with Gasteiger partial charge in [-0.3, -0.25) is 4.79 Å². The zero-order chi connectivity index (χ0) is 34.3. The first kappa shape index (κ1) is 44.3. The average Bonchev–Trinajstić information content (AvgIpc) is 3.02. The summed E-state index contributed by atoms with van der Waals surface area (Å²) in [5, 5.41) is 31.5. The molecule has 1 amide bonds. The number of aliphatic hydroxyl groups excluding tert-OH is 2. The zero-order valence-electron chi connectivity index (χ0n) is 30.8. The number of aliphatic hydroxyl groups is 2. The van der Waals surface area contributed by atoms with Crippen LogP contribution in [-0.4, -0.2) is 90.1 Å². The minimum Gasteiger partial charge on any atom is -0.508 e. The molecule has 270 valence electrons. The van der Waals surface area contributed by atoms with Gasteiger partial charge in [-0.1, -0.05) is 117 Å². The van der Waals surface area contributed by atoms with Gasteiger partial charge < -0.3 is 30.4 Å². The van der Waals surface area contributed by atoms with Crippen LogP contribution >= 0.6 is 0 Å². The van der Waals surface area contributed by atoms with Crippen molar-refractivity contribution in [3.8, 4) is 5.75 Å². The van der Waals surface area contributed by atoms with Crippen LogP contribution in [0.25, 0.3) is 0 Å². The number of amides is 1. The maximum atomic E-state index is 12.1. The second-order valence-electron chi connectivity index (χ2n) is 13.6. The van der Waals surface area contributed by atoms with E-state index in [9.17, 15) is 15.0 Å². The molecule has 0 spiro atoms. The monoisotopic (exact) mass is 650 g/mol. The molecule has 2 unspecified atom stereocenters. The van der Waals surface area contributed by atoms with Crippen LogP contribution < -0.4 is 5.32 Å². The van der Waals surface area contributed by atoms with Crippen LogP contribution in [0.5, 0.6) is 5.75 Å². The highest BCUT2D eigenvalue weighted by Gasteiger charge is 2.09. The summed E-state index contributed by atoms with van der Waals surface area (Å²) in [5.74, 6) is 0.0571. The van der Waals surface area contributed by atoms with Gasteiger partial charge in [0.05, 0.1) is 12.2 Å². The van der Waals surface area contributed by atoms with E-state index in [2.05, 4.69) is 43.1 Å². The summed E-state index contributed by atoms with van der Waals surface area (Å²) in [5.41, 5.74) is 0.564. The van der Waals surface area contributed by atoms with Crippen molar-refractivity contribution < 1.29 is 20.1 Å². The predicted octanol–water partition coefficient (Wildman–Crippen LogP) is 8.56. The fourth-order valence-electron chi connectivity index (χ4n) is 5.62. The molecule has 2 atom stereocenters. The number of benzene rings is 1. The fourth-order valence-corrected chi connectivity index (χ4v) is 5.62. The van der Waals surface area contributed by atoms with Gasteiger partial charge in [-0.25, -0.2) is 0 Å². The van der Waals surface area contributed by atoms with Gasteiger partial charge in [0.25, 0.3) is 5.91 Å². The highest BCUT2D eigenvalue weighted by atomic mass is 16.3. The lowest BCUT2D eigenvalue weighted by Gasteiger charge is -2.22. The minimum atomic E-state index is -0.218. The molecule has 0 radical (unpaired) electrons. The van der Waals surface area contributed by atoms with Crippen molar-refractivity contribution in [2.45, 2.75) is 161 Å². The number of carbonyl (C=O) groups is 1. The number of aromatic hydroxyl groups is 1. The number of likely N-dealkylation sites (N-methyl/N-ethyl adjacent to an activating group) is 1. The molecule has 0 aliphatic carbocycles. The second-order valence-corrected chi connectivity index (χ2v) is 13.6. The summed E-state index contributed by atoms with van der Waals surface area (Å²) >= 11 is 0. The van der Waals surface area contributed by atoms with Crippen molar-refractivity contribution in [1.29, 1.82) is 0 Å². The number of rotatable bonds is 29. The van der Waals surface area contributed by atoms with Gasteiger partial charge in [0.2, 0.25) is 0 Å². The standard InChI is InChI=1S/C27H49N3O3.C12H26O/c1-4-5-6-7-8-9-10-11-14-26(32)23-30(3)22-13-21-29(2)20-12-19-28-27(33)24-15-17-25(31)18-16-24;1-3-4-5-6-7-8-9-10-11-12(2)13/h15-18,26,31-32H,4-14,19-23H2,1-3H3,(H,28,33);12-13H,3-11H2,1-2H3. The molecule has 0 bridgehead atoms. The highest BCUT2D eigenvalue weighted by molar-refractivity contribution is 5.94. The lowest BCUT2D eigenvalue weighted by atomic mass is 10.1. The summed E-state index contributed by atoms with van der Waals surface area (Å²) < 4.78 is 0. The van der Waals surface area contributed by atoms with Gasteiger partial charge >= 0.3 is 0 Å². The van der Waals surface area contributed by atoms with Gasteiger partial charge in [0.1, 0.15) is 5.75 Å². The first-order chi connectivity index (χ1) is 22.2. The Kier molecular flexibility index (Phi) is 30.7. The number of phenols is 1. The number of phenolic OH excluding ortho intramolecular Hbond substituents is 1. The molecule has 1 aromatic rings. The summed E-state index contributed by atoms with van der Waals surface area (Å²) in [6, 6.07) is 6.30. The van der Waals surface area contributed by atoms with Crippen molar-refractivity contribution >= 4 is 5.91 Å². The Bertz CT molecular complexity index is 790. The van der Waals surface area contributed by atoms with E-state index in [0.717, 1.165) is 58.3 Å². The molecule has 46 heavy (non-hydrogen) atoms. The van der Waals surface area contributed by atoms with E-state index in [1.165, 1.54) is 108 Å². The van der Waals surface area contributed by atoms with E-state index in [4.69, 9.17) is 5.11 Å². The Morgan fingerprint density at radius 3 is 1.63 bits per heavy atom. The SMILES string of the molecule is CCCCCCCCCCC(C)O.CCCCCCCCCCC(O)CN(C)CCCN(C)CCCNC(=O)c1ccc(O)cc1. The summed E-state index contributed by atoms with van der Waals surface area (Å²) in [6.45, 7) is 10.7. The van der Waals surface area contributed by atoms with Crippen molar-refractivity contribution in [2.24, 2.45) is 0 Å².